The van der Waals surface area contributed by atoms with Crippen molar-refractivity contribution in [1.82, 2.24) is 20.0 Å². The molecule has 3 aliphatic rings. The first-order chi connectivity index (χ1) is 14.5. The second-order valence-corrected chi connectivity index (χ2v) is 10.5. The molecule has 2 fully saturated rings. The molecule has 1 aliphatic carbocycles. The van der Waals surface area contributed by atoms with Gasteiger partial charge in [-0.2, -0.15) is 18.3 Å². The summed E-state index contributed by atoms with van der Waals surface area (Å²) in [6.07, 6.45) is 0.875. The predicted octanol–water partition coefficient (Wildman–Crippen LogP) is 4.06. The fraction of sp³-hybridized carbons (Fsp3) is 0.818. The molecule has 3 heterocycles. The number of carbonyl (C=O) groups is 1. The van der Waals surface area contributed by atoms with Crippen molar-refractivity contribution in [2.45, 2.75) is 89.5 Å². The smallest absolute Gasteiger partial charge is 0.367 e. The van der Waals surface area contributed by atoms with Crippen LogP contribution in [0.4, 0.5) is 19.0 Å². The topological polar surface area (TPSA) is 62.2 Å². The van der Waals surface area contributed by atoms with Gasteiger partial charge < -0.3 is 10.6 Å². The SMILES string of the molecule is CC(C)(C)[C@@H]1C[C@@H](C(F)(F)F)n2nc([C@@H]3CCN(CC(=O)NC4CCCC4)C3)cc2N1. The van der Waals surface area contributed by atoms with E-state index in [0.717, 1.165) is 30.5 Å². The molecule has 3 atom stereocenters. The molecule has 0 bridgehead atoms. The van der Waals surface area contributed by atoms with Gasteiger partial charge in [0.2, 0.25) is 5.91 Å². The Morgan fingerprint density at radius 3 is 2.58 bits per heavy atom. The Labute approximate surface area is 181 Å². The number of nitrogens with zero attached hydrogens (tertiary/aromatic N) is 3. The Morgan fingerprint density at radius 2 is 1.94 bits per heavy atom. The van der Waals surface area contributed by atoms with Crippen molar-refractivity contribution in [3.63, 3.8) is 0 Å². The molecule has 0 radical (unpaired) electrons. The first-order valence-corrected chi connectivity index (χ1v) is 11.4. The summed E-state index contributed by atoms with van der Waals surface area (Å²) in [7, 11) is 0. The van der Waals surface area contributed by atoms with Crippen LogP contribution in [0.15, 0.2) is 6.07 Å². The van der Waals surface area contributed by atoms with Gasteiger partial charge in [0.25, 0.3) is 0 Å². The Kier molecular flexibility index (Phi) is 6.00. The number of carbonyl (C=O) groups excluding carboxylic acids is 1. The number of rotatable bonds is 4. The van der Waals surface area contributed by atoms with Gasteiger partial charge in [0, 0.05) is 30.6 Å². The molecule has 9 heteroatoms. The maximum absolute atomic E-state index is 13.8. The van der Waals surface area contributed by atoms with Crippen molar-refractivity contribution in [1.29, 1.82) is 0 Å². The number of nitrogens with one attached hydrogen (secondary N) is 2. The van der Waals surface area contributed by atoms with Gasteiger partial charge in [-0.15, -0.1) is 0 Å². The van der Waals surface area contributed by atoms with Crippen LogP contribution in [0.5, 0.6) is 0 Å². The fourth-order valence-corrected chi connectivity index (χ4v) is 5.13. The molecular weight excluding hydrogens is 407 g/mol. The molecule has 1 saturated heterocycles. The maximum atomic E-state index is 13.8. The summed E-state index contributed by atoms with van der Waals surface area (Å²) in [5.74, 6) is 0.533. The van der Waals surface area contributed by atoms with E-state index >= 15 is 0 Å². The van der Waals surface area contributed by atoms with Crippen LogP contribution in [0, 0.1) is 5.41 Å². The zero-order valence-corrected chi connectivity index (χ0v) is 18.6. The molecule has 0 unspecified atom stereocenters. The molecule has 0 aromatic carbocycles. The summed E-state index contributed by atoms with van der Waals surface area (Å²) < 4.78 is 42.5. The van der Waals surface area contributed by atoms with Crippen LogP contribution in [0.3, 0.4) is 0 Å². The number of aromatic nitrogens is 2. The number of hydrogen-bond donors (Lipinski definition) is 2. The highest BCUT2D eigenvalue weighted by Crippen LogP contribution is 2.44. The summed E-state index contributed by atoms with van der Waals surface area (Å²) >= 11 is 0. The fourth-order valence-electron chi connectivity index (χ4n) is 5.13. The number of hydrogen-bond acceptors (Lipinski definition) is 4. The molecule has 1 saturated carbocycles. The van der Waals surface area contributed by atoms with Crippen LogP contribution in [-0.4, -0.2) is 58.5 Å². The largest absolute Gasteiger partial charge is 0.410 e. The normalized spacial score (nSPS) is 27.9. The van der Waals surface area contributed by atoms with Crippen molar-refractivity contribution in [2.24, 2.45) is 5.41 Å². The predicted molar refractivity (Wildman–Crippen MR) is 113 cm³/mol. The average Bonchev–Trinajstić information content (AvgIpc) is 3.38. The number of alkyl halides is 3. The van der Waals surface area contributed by atoms with E-state index in [1.807, 2.05) is 20.8 Å². The monoisotopic (exact) mass is 441 g/mol. The Hall–Kier alpha value is -1.77. The van der Waals surface area contributed by atoms with Crippen molar-refractivity contribution in [2.75, 3.05) is 25.0 Å². The van der Waals surface area contributed by atoms with Crippen LogP contribution >= 0.6 is 0 Å². The van der Waals surface area contributed by atoms with Gasteiger partial charge in [0.15, 0.2) is 6.04 Å². The van der Waals surface area contributed by atoms with Crippen LogP contribution in [-0.2, 0) is 4.79 Å². The summed E-state index contributed by atoms with van der Waals surface area (Å²) in [5.41, 5.74) is 0.390. The minimum absolute atomic E-state index is 0.0285. The highest BCUT2D eigenvalue weighted by Gasteiger charge is 2.48. The highest BCUT2D eigenvalue weighted by molar-refractivity contribution is 5.78. The summed E-state index contributed by atoms with van der Waals surface area (Å²) in [5, 5.41) is 10.8. The number of anilines is 1. The van der Waals surface area contributed by atoms with E-state index in [2.05, 4.69) is 20.6 Å². The molecule has 1 aromatic rings. The second kappa shape index (κ2) is 8.30. The number of halogens is 3. The molecule has 174 valence electrons. The van der Waals surface area contributed by atoms with Gasteiger partial charge >= 0.3 is 6.18 Å². The third-order valence-corrected chi connectivity index (χ3v) is 7.03. The van der Waals surface area contributed by atoms with Crippen LogP contribution < -0.4 is 10.6 Å². The number of amides is 1. The molecule has 1 amide bonds. The Balaban J connectivity index is 1.43. The van der Waals surface area contributed by atoms with E-state index in [1.54, 1.807) is 6.07 Å². The summed E-state index contributed by atoms with van der Waals surface area (Å²) in [6, 6.07) is 0.183. The second-order valence-electron chi connectivity index (χ2n) is 10.5. The van der Waals surface area contributed by atoms with Gasteiger partial charge in [0.1, 0.15) is 5.82 Å². The van der Waals surface area contributed by atoms with E-state index in [0.29, 0.717) is 30.6 Å². The van der Waals surface area contributed by atoms with Crippen molar-refractivity contribution >= 4 is 11.7 Å². The van der Waals surface area contributed by atoms with Crippen molar-refractivity contribution < 1.29 is 18.0 Å². The standard InChI is InChI=1S/C22H34F3N5O/c1-21(2,3)17-11-18(22(23,24)25)30-19(27-17)10-16(28-30)14-8-9-29(12-14)13-20(31)26-15-6-4-5-7-15/h10,14-15,17-18,27H,4-9,11-13H2,1-3H3,(H,26,31)/t14-,17+,18+/m1/s1. The molecule has 2 N–H and O–H groups in total. The molecule has 1 aromatic heterocycles. The van der Waals surface area contributed by atoms with Crippen LogP contribution in [0.25, 0.3) is 0 Å². The van der Waals surface area contributed by atoms with Crippen molar-refractivity contribution in [3.8, 4) is 0 Å². The van der Waals surface area contributed by atoms with E-state index in [9.17, 15) is 18.0 Å². The van der Waals surface area contributed by atoms with Gasteiger partial charge in [0.05, 0.1) is 12.2 Å². The van der Waals surface area contributed by atoms with Crippen LogP contribution in [0.1, 0.15) is 76.9 Å². The lowest BCUT2D eigenvalue weighted by Crippen LogP contribution is -2.44. The quantitative estimate of drug-likeness (QED) is 0.740. The molecule has 2 aliphatic heterocycles. The molecule has 31 heavy (non-hydrogen) atoms. The zero-order valence-electron chi connectivity index (χ0n) is 18.6. The molecule has 0 spiro atoms. The van der Waals surface area contributed by atoms with Gasteiger partial charge in [-0.1, -0.05) is 33.6 Å². The maximum Gasteiger partial charge on any atom is 0.410 e. The van der Waals surface area contributed by atoms with Crippen molar-refractivity contribution in [3.05, 3.63) is 11.8 Å². The third kappa shape index (κ3) is 5.02. The first kappa shape index (κ1) is 22.4. The lowest BCUT2D eigenvalue weighted by molar-refractivity contribution is -0.175. The first-order valence-electron chi connectivity index (χ1n) is 11.4. The zero-order chi connectivity index (χ0) is 22.4. The van der Waals surface area contributed by atoms with E-state index < -0.39 is 12.2 Å². The molecule has 6 nitrogen and oxygen atoms in total. The summed E-state index contributed by atoms with van der Waals surface area (Å²) in [6.45, 7) is 7.61. The lowest BCUT2D eigenvalue weighted by Gasteiger charge is -2.39. The average molecular weight is 442 g/mol. The highest BCUT2D eigenvalue weighted by atomic mass is 19.4. The van der Waals surface area contributed by atoms with E-state index in [-0.39, 0.29) is 29.7 Å². The Morgan fingerprint density at radius 1 is 1.23 bits per heavy atom. The minimum atomic E-state index is -4.34. The van der Waals surface area contributed by atoms with E-state index in [4.69, 9.17) is 0 Å². The van der Waals surface area contributed by atoms with Crippen LogP contribution in [0.2, 0.25) is 0 Å². The van der Waals surface area contributed by atoms with Gasteiger partial charge in [-0.25, -0.2) is 4.68 Å². The molecule has 4 rings (SSSR count). The van der Waals surface area contributed by atoms with E-state index in [1.165, 1.54) is 12.8 Å². The molecular formula is C22H34F3N5O. The minimum Gasteiger partial charge on any atom is -0.367 e. The summed E-state index contributed by atoms with van der Waals surface area (Å²) in [4.78, 5) is 14.4. The Bertz CT molecular complexity index is 794. The third-order valence-electron chi connectivity index (χ3n) is 7.03. The number of likely N-dealkylation sites (tertiary alicyclic amines) is 1. The van der Waals surface area contributed by atoms with Gasteiger partial charge in [-0.05, 0) is 37.6 Å². The van der Waals surface area contributed by atoms with Gasteiger partial charge in [-0.3, -0.25) is 9.69 Å². The number of fused-ring (bicyclic) bond motifs is 1. The lowest BCUT2D eigenvalue weighted by atomic mass is 9.82.